The largest absolute Gasteiger partial charge is 0.360 e. The van der Waals surface area contributed by atoms with Gasteiger partial charge in [-0.05, 0) is 18.9 Å². The number of hydrogen-bond donors (Lipinski definition) is 3. The van der Waals surface area contributed by atoms with Crippen LogP contribution in [0.25, 0.3) is 10.2 Å². The second kappa shape index (κ2) is 7.21. The zero-order valence-corrected chi connectivity index (χ0v) is 13.4. The first kappa shape index (κ1) is 15.5. The molecule has 0 aromatic carbocycles. The van der Waals surface area contributed by atoms with Gasteiger partial charge in [-0.25, -0.2) is 4.98 Å². The van der Waals surface area contributed by atoms with Gasteiger partial charge in [-0.3, -0.25) is 4.79 Å². The summed E-state index contributed by atoms with van der Waals surface area (Å²) in [5, 5.41) is 9.86. The zero-order valence-electron chi connectivity index (χ0n) is 12.6. The molecule has 0 unspecified atom stereocenters. The van der Waals surface area contributed by atoms with Gasteiger partial charge in [0.2, 0.25) is 11.9 Å². The first-order valence-corrected chi connectivity index (χ1v) is 7.98. The number of aryl methyl sites for hydroxylation is 1. The molecule has 0 spiro atoms. The number of amides is 1. The topological polar surface area (TPSA) is 78.9 Å². The molecule has 1 amide bonds. The molecule has 0 fully saturated rings. The number of nitrogens with zero attached hydrogens (tertiary/aromatic N) is 2. The van der Waals surface area contributed by atoms with Crippen molar-refractivity contribution in [2.75, 3.05) is 30.8 Å². The van der Waals surface area contributed by atoms with Gasteiger partial charge < -0.3 is 16.0 Å². The summed E-state index contributed by atoms with van der Waals surface area (Å²) in [7, 11) is 1.62. The van der Waals surface area contributed by atoms with Crippen molar-refractivity contribution in [2.24, 2.45) is 0 Å². The van der Waals surface area contributed by atoms with Crippen molar-refractivity contribution in [1.29, 1.82) is 0 Å². The molecule has 7 heteroatoms. The predicted molar refractivity (Wildman–Crippen MR) is 88.1 cm³/mol. The molecule has 114 valence electrons. The van der Waals surface area contributed by atoms with Crippen molar-refractivity contribution < 1.29 is 4.79 Å². The highest BCUT2D eigenvalue weighted by Crippen LogP contribution is 2.30. The van der Waals surface area contributed by atoms with Crippen LogP contribution in [-0.4, -0.2) is 36.0 Å². The van der Waals surface area contributed by atoms with Crippen LogP contribution in [-0.2, 0) is 11.2 Å². The number of thiophene rings is 1. The minimum Gasteiger partial charge on any atom is -0.360 e. The molecular weight excluding hydrogens is 286 g/mol. The molecule has 6 nitrogen and oxygen atoms in total. The van der Waals surface area contributed by atoms with Crippen molar-refractivity contribution >= 4 is 39.2 Å². The summed E-state index contributed by atoms with van der Waals surface area (Å²) < 4.78 is 0. The highest BCUT2D eigenvalue weighted by atomic mass is 32.1. The zero-order chi connectivity index (χ0) is 15.2. The Bertz CT molecular complexity index is 625. The number of fused-ring (bicyclic) bond motifs is 1. The van der Waals surface area contributed by atoms with Gasteiger partial charge in [-0.15, -0.1) is 11.3 Å². The molecule has 2 rings (SSSR count). The smallest absolute Gasteiger partial charge is 0.239 e. The number of carbonyl (C=O) groups is 1. The third kappa shape index (κ3) is 3.81. The van der Waals surface area contributed by atoms with Crippen molar-refractivity contribution in [1.82, 2.24) is 15.3 Å². The highest BCUT2D eigenvalue weighted by Gasteiger charge is 2.12. The summed E-state index contributed by atoms with van der Waals surface area (Å²) in [6.07, 6.45) is 1.97. The number of rotatable bonds is 7. The summed E-state index contributed by atoms with van der Waals surface area (Å²) in [6.45, 7) is 5.24. The van der Waals surface area contributed by atoms with E-state index in [1.54, 1.807) is 18.4 Å². The Morgan fingerprint density at radius 3 is 2.76 bits per heavy atom. The van der Waals surface area contributed by atoms with Crippen molar-refractivity contribution in [3.8, 4) is 0 Å². The molecule has 0 saturated heterocycles. The van der Waals surface area contributed by atoms with Crippen LogP contribution in [0.5, 0.6) is 0 Å². The maximum Gasteiger partial charge on any atom is 0.239 e. The van der Waals surface area contributed by atoms with Crippen molar-refractivity contribution in [3.63, 3.8) is 0 Å². The SMILES string of the molecule is CCCNc1nc(NCC(=O)NC)c2cc(CC)sc2n1. The molecule has 0 atom stereocenters. The number of hydrogen-bond acceptors (Lipinski definition) is 6. The summed E-state index contributed by atoms with van der Waals surface area (Å²) in [4.78, 5) is 22.6. The van der Waals surface area contributed by atoms with Gasteiger partial charge in [0.05, 0.1) is 11.9 Å². The number of likely N-dealkylation sites (N-methyl/N-ethyl adjacent to an activating group) is 1. The maximum absolute atomic E-state index is 11.4. The third-order valence-electron chi connectivity index (χ3n) is 3.02. The van der Waals surface area contributed by atoms with E-state index in [1.165, 1.54) is 4.88 Å². The molecule has 3 N–H and O–H groups in total. The van der Waals surface area contributed by atoms with Gasteiger partial charge >= 0.3 is 0 Å². The lowest BCUT2D eigenvalue weighted by molar-refractivity contribution is -0.118. The van der Waals surface area contributed by atoms with Gasteiger partial charge in [-0.2, -0.15) is 4.98 Å². The van der Waals surface area contributed by atoms with E-state index < -0.39 is 0 Å². The summed E-state index contributed by atoms with van der Waals surface area (Å²) in [5.41, 5.74) is 0. The molecule has 0 aliphatic rings. The number of nitrogens with one attached hydrogen (secondary N) is 3. The molecule has 0 radical (unpaired) electrons. The van der Waals surface area contributed by atoms with Crippen LogP contribution < -0.4 is 16.0 Å². The molecule has 0 saturated carbocycles. The van der Waals surface area contributed by atoms with Crippen LogP contribution in [0.4, 0.5) is 11.8 Å². The Morgan fingerprint density at radius 2 is 2.10 bits per heavy atom. The second-order valence-corrected chi connectivity index (χ2v) is 5.75. The number of anilines is 2. The van der Waals surface area contributed by atoms with E-state index in [-0.39, 0.29) is 12.5 Å². The lowest BCUT2D eigenvalue weighted by Crippen LogP contribution is -2.26. The Labute approximate surface area is 128 Å². The molecular formula is C14H21N5OS. The quantitative estimate of drug-likeness (QED) is 0.731. The Kier molecular flexibility index (Phi) is 5.32. The first-order chi connectivity index (χ1) is 10.2. The monoisotopic (exact) mass is 307 g/mol. The third-order valence-corrected chi connectivity index (χ3v) is 4.19. The van der Waals surface area contributed by atoms with Gasteiger partial charge in [0.15, 0.2) is 0 Å². The van der Waals surface area contributed by atoms with Crippen LogP contribution in [0.15, 0.2) is 6.07 Å². The maximum atomic E-state index is 11.4. The van der Waals surface area contributed by atoms with Gasteiger partial charge in [0.1, 0.15) is 10.6 Å². The number of aromatic nitrogens is 2. The van der Waals surface area contributed by atoms with E-state index in [4.69, 9.17) is 0 Å². The molecule has 0 bridgehead atoms. The van der Waals surface area contributed by atoms with Gasteiger partial charge in [0, 0.05) is 18.5 Å². The number of carbonyl (C=O) groups excluding carboxylic acids is 1. The molecule has 2 aromatic heterocycles. The van der Waals surface area contributed by atoms with Crippen LogP contribution in [0, 0.1) is 0 Å². The van der Waals surface area contributed by atoms with Crippen molar-refractivity contribution in [3.05, 3.63) is 10.9 Å². The Hall–Kier alpha value is -1.89. The summed E-state index contributed by atoms with van der Waals surface area (Å²) >= 11 is 1.67. The van der Waals surface area contributed by atoms with E-state index in [0.717, 1.165) is 29.6 Å². The minimum atomic E-state index is -0.0734. The molecule has 0 aliphatic heterocycles. The van der Waals surface area contributed by atoms with Crippen LogP contribution in [0.3, 0.4) is 0 Å². The fraction of sp³-hybridized carbons (Fsp3) is 0.500. The summed E-state index contributed by atoms with van der Waals surface area (Å²) in [5.74, 6) is 1.24. The highest BCUT2D eigenvalue weighted by molar-refractivity contribution is 7.18. The van der Waals surface area contributed by atoms with Gasteiger partial charge in [-0.1, -0.05) is 13.8 Å². The van der Waals surface area contributed by atoms with E-state index in [2.05, 4.69) is 45.8 Å². The predicted octanol–water partition coefficient (Wildman–Crippen LogP) is 2.23. The first-order valence-electron chi connectivity index (χ1n) is 7.16. The lowest BCUT2D eigenvalue weighted by Gasteiger charge is -2.09. The van der Waals surface area contributed by atoms with E-state index in [1.807, 2.05) is 0 Å². The molecule has 0 aliphatic carbocycles. The fourth-order valence-electron chi connectivity index (χ4n) is 1.85. The standard InChI is InChI=1S/C14H21N5OS/c1-4-6-16-14-18-12(17-8-11(20)15-3)10-7-9(5-2)21-13(10)19-14/h7H,4-6,8H2,1-3H3,(H,15,20)(H2,16,17,18,19). The molecule has 2 aromatic rings. The summed E-state index contributed by atoms with van der Waals surface area (Å²) in [6, 6.07) is 2.09. The molecule has 21 heavy (non-hydrogen) atoms. The second-order valence-electron chi connectivity index (χ2n) is 4.63. The molecule has 2 heterocycles. The minimum absolute atomic E-state index is 0.0734. The normalized spacial score (nSPS) is 10.6. The van der Waals surface area contributed by atoms with E-state index in [0.29, 0.717) is 11.8 Å². The van der Waals surface area contributed by atoms with Crippen LogP contribution in [0.1, 0.15) is 25.1 Å². The van der Waals surface area contributed by atoms with Gasteiger partial charge in [0.25, 0.3) is 0 Å². The van der Waals surface area contributed by atoms with Crippen molar-refractivity contribution in [2.45, 2.75) is 26.7 Å². The average Bonchev–Trinajstić information content (AvgIpc) is 2.93. The van der Waals surface area contributed by atoms with E-state index >= 15 is 0 Å². The van der Waals surface area contributed by atoms with Crippen LogP contribution >= 0.6 is 11.3 Å². The average molecular weight is 307 g/mol. The fourth-order valence-corrected chi connectivity index (χ4v) is 2.82. The Balaban J connectivity index is 2.33. The lowest BCUT2D eigenvalue weighted by atomic mass is 10.3. The van der Waals surface area contributed by atoms with Crippen LogP contribution in [0.2, 0.25) is 0 Å². The Morgan fingerprint density at radius 1 is 1.29 bits per heavy atom. The van der Waals surface area contributed by atoms with E-state index in [9.17, 15) is 4.79 Å².